The highest BCUT2D eigenvalue weighted by Crippen LogP contribution is 2.32. The van der Waals surface area contributed by atoms with Gasteiger partial charge in [0.1, 0.15) is 17.2 Å². The lowest BCUT2D eigenvalue weighted by molar-refractivity contribution is -0.113. The number of amidine groups is 1. The van der Waals surface area contributed by atoms with Crippen molar-refractivity contribution in [2.24, 2.45) is 4.99 Å². The normalized spacial score (nSPS) is 20.1. The predicted molar refractivity (Wildman–Crippen MR) is 125 cm³/mol. The Morgan fingerprint density at radius 1 is 1.13 bits per heavy atom. The monoisotopic (exact) mass is 438 g/mol. The van der Waals surface area contributed by atoms with Crippen molar-refractivity contribution in [2.45, 2.75) is 25.4 Å². The lowest BCUT2D eigenvalue weighted by Crippen LogP contribution is -2.31. The molecule has 1 saturated heterocycles. The van der Waals surface area contributed by atoms with Gasteiger partial charge in [-0.15, -0.1) is 0 Å². The van der Waals surface area contributed by atoms with Crippen LogP contribution in [0.5, 0.6) is 11.5 Å². The number of thioether (sulfide) groups is 1. The van der Waals surface area contributed by atoms with E-state index in [0.29, 0.717) is 16.6 Å². The molecule has 4 rings (SSSR count). The summed E-state index contributed by atoms with van der Waals surface area (Å²) in [5, 5.41) is 0.659. The van der Waals surface area contributed by atoms with E-state index in [1.807, 2.05) is 48.5 Å². The van der Waals surface area contributed by atoms with Gasteiger partial charge in [-0.05, 0) is 55.2 Å². The zero-order valence-corrected chi connectivity index (χ0v) is 18.6. The molecule has 2 aromatic rings. The number of hydrogen-bond donors (Lipinski definition) is 0. The van der Waals surface area contributed by atoms with E-state index in [4.69, 9.17) is 19.2 Å². The van der Waals surface area contributed by atoms with Crippen molar-refractivity contribution in [1.29, 1.82) is 0 Å². The van der Waals surface area contributed by atoms with Crippen LogP contribution in [0.3, 0.4) is 0 Å². The molecule has 0 spiro atoms. The number of carbonyl (C=O) groups is 1. The van der Waals surface area contributed by atoms with Crippen molar-refractivity contribution in [3.63, 3.8) is 0 Å². The summed E-state index contributed by atoms with van der Waals surface area (Å²) in [6.45, 7) is 0.804. The van der Waals surface area contributed by atoms with Crippen molar-refractivity contribution in [1.82, 2.24) is 0 Å². The Morgan fingerprint density at radius 3 is 2.65 bits per heavy atom. The molecule has 1 amide bonds. The summed E-state index contributed by atoms with van der Waals surface area (Å²) in [7, 11) is 3.24. The zero-order chi connectivity index (χ0) is 21.6. The first-order valence-corrected chi connectivity index (χ1v) is 11.3. The number of ether oxygens (including phenoxy) is 3. The first kappa shape index (κ1) is 21.5. The molecule has 162 valence electrons. The van der Waals surface area contributed by atoms with Gasteiger partial charge in [0.2, 0.25) is 0 Å². The molecule has 1 fully saturated rings. The molecule has 2 heterocycles. The first-order chi connectivity index (χ1) is 15.2. The largest absolute Gasteiger partial charge is 0.497 e. The number of methoxy groups -OCH3 is 2. The Kier molecular flexibility index (Phi) is 6.94. The van der Waals surface area contributed by atoms with Crippen LogP contribution in [0.15, 0.2) is 59.2 Å². The topological polar surface area (TPSA) is 60.4 Å². The Morgan fingerprint density at radius 2 is 1.94 bits per heavy atom. The summed E-state index contributed by atoms with van der Waals surface area (Å²) in [4.78, 5) is 19.7. The minimum Gasteiger partial charge on any atom is -0.497 e. The van der Waals surface area contributed by atoms with Crippen LogP contribution in [0.4, 0.5) is 5.69 Å². The molecule has 0 N–H and O–H groups in total. The summed E-state index contributed by atoms with van der Waals surface area (Å²) < 4.78 is 16.4. The average molecular weight is 439 g/mol. The van der Waals surface area contributed by atoms with Crippen LogP contribution >= 0.6 is 11.8 Å². The lowest BCUT2D eigenvalue weighted by atomic mass is 10.1. The highest BCUT2D eigenvalue weighted by atomic mass is 32.2. The number of amides is 1. The van der Waals surface area contributed by atoms with Gasteiger partial charge in [0.05, 0.1) is 26.0 Å². The minimum absolute atomic E-state index is 0.156. The van der Waals surface area contributed by atoms with E-state index < -0.39 is 0 Å². The van der Waals surface area contributed by atoms with Crippen LogP contribution in [0.1, 0.15) is 24.8 Å². The molecular formula is C24H26N2O4S. The zero-order valence-electron chi connectivity index (χ0n) is 17.7. The summed E-state index contributed by atoms with van der Waals surface area (Å²) in [5.41, 5.74) is 2.03. The second-order valence-corrected chi connectivity index (χ2v) is 8.33. The SMILES string of the molecule is COc1ccc(C=C2N=C(SCC3CCCCO3)N(c3cccc(OC)c3)C2=O)cc1. The summed E-state index contributed by atoms with van der Waals surface area (Å²) in [6, 6.07) is 15.0. The smallest absolute Gasteiger partial charge is 0.283 e. The van der Waals surface area contributed by atoms with Crippen molar-refractivity contribution >= 4 is 34.6 Å². The molecule has 7 heteroatoms. The van der Waals surface area contributed by atoms with E-state index in [0.717, 1.165) is 42.2 Å². The second kappa shape index (κ2) is 10.0. The third-order valence-electron chi connectivity index (χ3n) is 5.23. The van der Waals surface area contributed by atoms with Crippen LogP contribution < -0.4 is 14.4 Å². The van der Waals surface area contributed by atoms with Crippen molar-refractivity contribution in [3.8, 4) is 11.5 Å². The van der Waals surface area contributed by atoms with Gasteiger partial charge in [0, 0.05) is 18.4 Å². The first-order valence-electron chi connectivity index (χ1n) is 10.4. The van der Waals surface area contributed by atoms with Crippen LogP contribution in [-0.2, 0) is 9.53 Å². The molecule has 2 aromatic carbocycles. The van der Waals surface area contributed by atoms with Gasteiger partial charge in [0.15, 0.2) is 5.17 Å². The third kappa shape index (κ3) is 5.11. The molecule has 0 aliphatic carbocycles. The lowest BCUT2D eigenvalue weighted by Gasteiger charge is -2.23. The Hall–Kier alpha value is -2.77. The molecule has 1 unspecified atom stereocenters. The number of benzene rings is 2. The van der Waals surface area contributed by atoms with Crippen LogP contribution in [0.25, 0.3) is 6.08 Å². The fourth-order valence-electron chi connectivity index (χ4n) is 3.53. The number of rotatable bonds is 6. The predicted octanol–water partition coefficient (Wildman–Crippen LogP) is 4.75. The molecule has 31 heavy (non-hydrogen) atoms. The van der Waals surface area contributed by atoms with Crippen molar-refractivity contribution in [3.05, 3.63) is 59.8 Å². The van der Waals surface area contributed by atoms with Crippen LogP contribution in [0, 0.1) is 0 Å². The number of hydrogen-bond acceptors (Lipinski definition) is 6. The third-order valence-corrected chi connectivity index (χ3v) is 6.30. The van der Waals surface area contributed by atoms with Crippen molar-refractivity contribution < 1.29 is 19.0 Å². The average Bonchev–Trinajstić information content (AvgIpc) is 3.13. The molecule has 0 aromatic heterocycles. The Labute approximate surface area is 186 Å². The summed E-state index contributed by atoms with van der Waals surface area (Å²) >= 11 is 1.56. The van der Waals surface area contributed by atoms with Gasteiger partial charge >= 0.3 is 0 Å². The number of aliphatic imine (C=N–C) groups is 1. The molecule has 0 saturated carbocycles. The maximum atomic E-state index is 13.3. The summed E-state index contributed by atoms with van der Waals surface area (Å²) in [6.07, 6.45) is 5.34. The maximum absolute atomic E-state index is 13.3. The standard InChI is InChI=1S/C24H26N2O4S/c1-28-19-11-9-17(10-12-19)14-22-23(27)26(18-6-5-8-20(15-18)29-2)24(25-22)31-16-21-7-3-4-13-30-21/h5-6,8-12,14-15,21H,3-4,7,13,16H2,1-2H3. The fourth-order valence-corrected chi connectivity index (χ4v) is 4.61. The van der Waals surface area contributed by atoms with Gasteiger partial charge in [-0.1, -0.05) is 30.0 Å². The summed E-state index contributed by atoms with van der Waals surface area (Å²) in [5.74, 6) is 2.07. The van der Waals surface area contributed by atoms with Gasteiger partial charge < -0.3 is 14.2 Å². The van der Waals surface area contributed by atoms with E-state index >= 15 is 0 Å². The molecule has 2 aliphatic rings. The number of nitrogens with zero attached hydrogens (tertiary/aromatic N) is 2. The second-order valence-electron chi connectivity index (χ2n) is 7.34. The fraction of sp³-hybridized carbons (Fsp3) is 0.333. The molecule has 0 bridgehead atoms. The van der Waals surface area contributed by atoms with E-state index in [1.54, 1.807) is 37.0 Å². The van der Waals surface area contributed by atoms with Gasteiger partial charge in [-0.2, -0.15) is 0 Å². The van der Waals surface area contributed by atoms with E-state index in [-0.39, 0.29) is 12.0 Å². The molecule has 1 atom stereocenters. The molecule has 2 aliphatic heterocycles. The van der Waals surface area contributed by atoms with Crippen LogP contribution in [0.2, 0.25) is 0 Å². The highest BCUT2D eigenvalue weighted by molar-refractivity contribution is 8.14. The molecular weight excluding hydrogens is 412 g/mol. The molecule has 6 nitrogen and oxygen atoms in total. The number of anilines is 1. The quantitative estimate of drug-likeness (QED) is 0.609. The van der Waals surface area contributed by atoms with Crippen molar-refractivity contribution in [2.75, 3.05) is 31.5 Å². The van der Waals surface area contributed by atoms with E-state index in [2.05, 4.69) is 0 Å². The minimum atomic E-state index is -0.156. The van der Waals surface area contributed by atoms with Gasteiger partial charge in [-0.25, -0.2) is 4.99 Å². The maximum Gasteiger partial charge on any atom is 0.283 e. The van der Waals surface area contributed by atoms with Gasteiger partial charge in [0.25, 0.3) is 5.91 Å². The highest BCUT2D eigenvalue weighted by Gasteiger charge is 2.33. The molecule has 0 radical (unpaired) electrons. The van der Waals surface area contributed by atoms with Gasteiger partial charge in [-0.3, -0.25) is 9.69 Å². The van der Waals surface area contributed by atoms with Crippen LogP contribution in [-0.4, -0.2) is 43.8 Å². The van der Waals surface area contributed by atoms with E-state index in [1.165, 1.54) is 6.42 Å². The van der Waals surface area contributed by atoms with E-state index in [9.17, 15) is 4.79 Å². The Bertz CT molecular complexity index is 981. The number of carbonyl (C=O) groups excluding carboxylic acids is 1. The Balaban J connectivity index is 1.61.